The number of hydrogen-bond acceptors (Lipinski definition) is 3. The van der Waals surface area contributed by atoms with Gasteiger partial charge in [0.1, 0.15) is 0 Å². The van der Waals surface area contributed by atoms with Gasteiger partial charge in [-0.25, -0.2) is 13.1 Å². The summed E-state index contributed by atoms with van der Waals surface area (Å²) in [5.41, 5.74) is 0.965. The summed E-state index contributed by atoms with van der Waals surface area (Å²) in [6.07, 6.45) is 4.16. The van der Waals surface area contributed by atoms with Crippen molar-refractivity contribution < 1.29 is 8.42 Å². The molecule has 0 aromatic heterocycles. The van der Waals surface area contributed by atoms with Crippen LogP contribution in [0.1, 0.15) is 31.2 Å². The van der Waals surface area contributed by atoms with Crippen LogP contribution < -0.4 is 10.0 Å². The molecule has 0 unspecified atom stereocenters. The maximum Gasteiger partial charge on any atom is 0.211 e. The molecule has 20 heavy (non-hydrogen) atoms. The molecule has 1 aliphatic rings. The molecule has 1 fully saturated rings. The molecule has 112 valence electrons. The van der Waals surface area contributed by atoms with Gasteiger partial charge in [-0.2, -0.15) is 0 Å². The van der Waals surface area contributed by atoms with Crippen LogP contribution in [-0.2, 0) is 16.6 Å². The molecule has 0 radical (unpaired) electrons. The van der Waals surface area contributed by atoms with Crippen molar-refractivity contribution in [3.05, 3.63) is 34.3 Å². The minimum Gasteiger partial charge on any atom is -0.314 e. The highest BCUT2D eigenvalue weighted by Gasteiger charge is 2.19. The Labute approximate surface area is 129 Å². The number of halogens is 1. The zero-order chi connectivity index (χ0) is 14.4. The Balaban J connectivity index is 1.63. The summed E-state index contributed by atoms with van der Waals surface area (Å²) in [6, 6.07) is 8.33. The number of sulfonamides is 1. The van der Waals surface area contributed by atoms with E-state index in [2.05, 4.69) is 26.0 Å². The second-order valence-corrected chi connectivity index (χ2v) is 8.04. The van der Waals surface area contributed by atoms with Crippen LogP contribution in [0.4, 0.5) is 0 Å². The Bertz CT molecular complexity index is 512. The number of unbranched alkanes of at least 4 members (excludes halogenated alkanes) is 1. The first kappa shape index (κ1) is 15.9. The van der Waals surface area contributed by atoms with Crippen LogP contribution >= 0.6 is 15.9 Å². The fraction of sp³-hybridized carbons (Fsp3) is 0.571. The van der Waals surface area contributed by atoms with E-state index in [1.807, 2.05) is 24.3 Å². The molecular weight excluding hydrogens is 340 g/mol. The highest BCUT2D eigenvalue weighted by Crippen LogP contribution is 2.18. The highest BCUT2D eigenvalue weighted by atomic mass is 79.9. The van der Waals surface area contributed by atoms with E-state index >= 15 is 0 Å². The third-order valence-corrected chi connectivity index (χ3v) is 5.20. The molecule has 0 saturated heterocycles. The van der Waals surface area contributed by atoms with Crippen molar-refractivity contribution in [1.29, 1.82) is 0 Å². The fourth-order valence-electron chi connectivity index (χ4n) is 1.88. The Morgan fingerprint density at radius 1 is 1.15 bits per heavy atom. The first-order valence-electron chi connectivity index (χ1n) is 7.00. The van der Waals surface area contributed by atoms with Gasteiger partial charge in [0.05, 0.1) is 5.75 Å². The molecule has 6 heteroatoms. The third kappa shape index (κ3) is 6.35. The lowest BCUT2D eigenvalue weighted by Crippen LogP contribution is -2.26. The van der Waals surface area contributed by atoms with E-state index in [-0.39, 0.29) is 5.75 Å². The standard InChI is InChI=1S/C14H21BrN2O2S/c15-13-5-3-12(4-6-13)11-17-20(18,19)10-2-1-9-16-14-7-8-14/h3-6,14,16-17H,1-2,7-11H2. The number of rotatable bonds is 9. The number of hydrogen-bond donors (Lipinski definition) is 2. The molecule has 1 aromatic rings. The van der Waals surface area contributed by atoms with Gasteiger partial charge in [-0.05, 0) is 49.9 Å². The van der Waals surface area contributed by atoms with E-state index in [4.69, 9.17) is 0 Å². The molecule has 1 aliphatic carbocycles. The van der Waals surface area contributed by atoms with E-state index in [0.29, 0.717) is 19.0 Å². The molecule has 2 N–H and O–H groups in total. The van der Waals surface area contributed by atoms with Crippen molar-refractivity contribution in [1.82, 2.24) is 10.0 Å². The molecule has 0 heterocycles. The minimum absolute atomic E-state index is 0.204. The topological polar surface area (TPSA) is 58.2 Å². The summed E-state index contributed by atoms with van der Waals surface area (Å²) in [5.74, 6) is 0.204. The molecule has 0 bridgehead atoms. The molecule has 0 spiro atoms. The van der Waals surface area contributed by atoms with Gasteiger partial charge in [0.25, 0.3) is 0 Å². The predicted molar refractivity (Wildman–Crippen MR) is 85.0 cm³/mol. The molecule has 1 saturated carbocycles. The predicted octanol–water partition coefficient (Wildman–Crippen LogP) is 2.40. The van der Waals surface area contributed by atoms with Crippen LogP contribution in [0, 0.1) is 0 Å². The lowest BCUT2D eigenvalue weighted by molar-refractivity contribution is 0.573. The van der Waals surface area contributed by atoms with Crippen LogP contribution in [0.2, 0.25) is 0 Å². The maximum atomic E-state index is 11.8. The van der Waals surface area contributed by atoms with Gasteiger partial charge in [-0.15, -0.1) is 0 Å². The zero-order valence-electron chi connectivity index (χ0n) is 11.4. The molecule has 0 atom stereocenters. The minimum atomic E-state index is -3.16. The van der Waals surface area contributed by atoms with Crippen molar-refractivity contribution in [2.24, 2.45) is 0 Å². The van der Waals surface area contributed by atoms with Crippen LogP contribution in [0.3, 0.4) is 0 Å². The van der Waals surface area contributed by atoms with Gasteiger partial charge < -0.3 is 5.32 Å². The van der Waals surface area contributed by atoms with E-state index in [0.717, 1.165) is 23.0 Å². The van der Waals surface area contributed by atoms with Crippen LogP contribution in [0.25, 0.3) is 0 Å². The largest absolute Gasteiger partial charge is 0.314 e. The van der Waals surface area contributed by atoms with Crippen molar-refractivity contribution in [2.75, 3.05) is 12.3 Å². The van der Waals surface area contributed by atoms with Gasteiger partial charge in [-0.1, -0.05) is 28.1 Å². The lowest BCUT2D eigenvalue weighted by Gasteiger charge is -2.07. The summed E-state index contributed by atoms with van der Waals surface area (Å²) < 4.78 is 27.3. The van der Waals surface area contributed by atoms with E-state index in [1.165, 1.54) is 12.8 Å². The van der Waals surface area contributed by atoms with Gasteiger partial charge in [0.2, 0.25) is 10.0 Å². The lowest BCUT2D eigenvalue weighted by atomic mass is 10.2. The average molecular weight is 361 g/mol. The van der Waals surface area contributed by atoms with Crippen molar-refractivity contribution >= 4 is 26.0 Å². The number of nitrogens with one attached hydrogen (secondary N) is 2. The van der Waals surface area contributed by atoms with Crippen LogP contribution in [-0.4, -0.2) is 26.8 Å². The highest BCUT2D eigenvalue weighted by molar-refractivity contribution is 9.10. The van der Waals surface area contributed by atoms with Gasteiger partial charge in [0.15, 0.2) is 0 Å². The normalized spacial score (nSPS) is 15.4. The summed E-state index contributed by atoms with van der Waals surface area (Å²) in [6.45, 7) is 1.28. The first-order valence-corrected chi connectivity index (χ1v) is 9.45. The summed E-state index contributed by atoms with van der Waals surface area (Å²) in [5, 5.41) is 3.39. The van der Waals surface area contributed by atoms with E-state index < -0.39 is 10.0 Å². The van der Waals surface area contributed by atoms with Crippen molar-refractivity contribution in [2.45, 2.75) is 38.3 Å². The quantitative estimate of drug-likeness (QED) is 0.664. The van der Waals surface area contributed by atoms with Gasteiger partial charge in [0, 0.05) is 17.1 Å². The molecule has 1 aromatic carbocycles. The van der Waals surface area contributed by atoms with E-state index in [9.17, 15) is 8.42 Å². The van der Waals surface area contributed by atoms with E-state index in [1.54, 1.807) is 0 Å². The summed E-state index contributed by atoms with van der Waals surface area (Å²) >= 11 is 3.35. The summed E-state index contributed by atoms with van der Waals surface area (Å²) in [4.78, 5) is 0. The number of benzene rings is 1. The maximum absolute atomic E-state index is 11.8. The zero-order valence-corrected chi connectivity index (χ0v) is 13.8. The van der Waals surface area contributed by atoms with Crippen molar-refractivity contribution in [3.8, 4) is 0 Å². The average Bonchev–Trinajstić information content (AvgIpc) is 3.22. The Hall–Kier alpha value is -0.430. The van der Waals surface area contributed by atoms with Gasteiger partial charge in [-0.3, -0.25) is 0 Å². The second kappa shape index (κ2) is 7.54. The molecule has 4 nitrogen and oxygen atoms in total. The Morgan fingerprint density at radius 2 is 1.85 bits per heavy atom. The SMILES string of the molecule is O=S(=O)(CCCCNC1CC1)NCc1ccc(Br)cc1. The molecule has 2 rings (SSSR count). The molecule has 0 aliphatic heterocycles. The summed E-state index contributed by atoms with van der Waals surface area (Å²) in [7, 11) is -3.16. The van der Waals surface area contributed by atoms with Crippen LogP contribution in [0.5, 0.6) is 0 Å². The smallest absolute Gasteiger partial charge is 0.211 e. The molecular formula is C14H21BrN2O2S. The second-order valence-electron chi connectivity index (χ2n) is 5.20. The molecule has 0 amide bonds. The van der Waals surface area contributed by atoms with Crippen molar-refractivity contribution in [3.63, 3.8) is 0 Å². The van der Waals surface area contributed by atoms with Crippen LogP contribution in [0.15, 0.2) is 28.7 Å². The fourth-order valence-corrected chi connectivity index (χ4v) is 3.26. The monoisotopic (exact) mass is 360 g/mol. The Kier molecular flexibility index (Phi) is 6.01. The first-order chi connectivity index (χ1) is 9.55. The third-order valence-electron chi connectivity index (χ3n) is 3.26. The Morgan fingerprint density at radius 3 is 2.50 bits per heavy atom. The van der Waals surface area contributed by atoms with Gasteiger partial charge >= 0.3 is 0 Å².